The number of H-pyrrole nitrogens is 1. The van der Waals surface area contributed by atoms with Crippen molar-refractivity contribution in [3.63, 3.8) is 0 Å². The van der Waals surface area contributed by atoms with Crippen LogP contribution in [-0.2, 0) is 0 Å². The van der Waals surface area contributed by atoms with Gasteiger partial charge in [-0.3, -0.25) is 0 Å². The van der Waals surface area contributed by atoms with Gasteiger partial charge in [-0.1, -0.05) is 23.2 Å². The van der Waals surface area contributed by atoms with Gasteiger partial charge < -0.3 is 10.3 Å². The van der Waals surface area contributed by atoms with Crippen LogP contribution in [0.2, 0.25) is 10.0 Å². The number of halogens is 2. The van der Waals surface area contributed by atoms with E-state index >= 15 is 0 Å². The van der Waals surface area contributed by atoms with Gasteiger partial charge >= 0.3 is 0 Å². The lowest BCUT2D eigenvalue weighted by atomic mass is 10.1. The van der Waals surface area contributed by atoms with E-state index in [2.05, 4.69) is 25.3 Å². The molecule has 0 fully saturated rings. The van der Waals surface area contributed by atoms with E-state index in [0.717, 1.165) is 5.52 Å². The monoisotopic (exact) mass is 384 g/mol. The zero-order valence-electron chi connectivity index (χ0n) is 14.0. The highest BCUT2D eigenvalue weighted by Crippen LogP contribution is 2.36. The summed E-state index contributed by atoms with van der Waals surface area (Å²) in [5, 5.41) is 12.9. The van der Waals surface area contributed by atoms with Crippen LogP contribution in [-0.4, -0.2) is 21.2 Å². The number of aromatic amines is 1. The largest absolute Gasteiger partial charge is 0.338 e. The topological polar surface area (TPSA) is 89.8 Å². The summed E-state index contributed by atoms with van der Waals surface area (Å²) in [6.45, 7) is 3.71. The van der Waals surface area contributed by atoms with E-state index in [1.807, 2.05) is 26.0 Å². The molecule has 2 N–H and O–H groups in total. The highest BCUT2D eigenvalue weighted by atomic mass is 35.5. The molecule has 130 valence electrons. The lowest BCUT2D eigenvalue weighted by Gasteiger charge is -2.05. The SMILES string of the molecule is C/C=N\C(=C/C)Nc1nccc2[nH]c(-c3c(Cl)cc(C#N)cc3Cl)nc12. The zero-order chi connectivity index (χ0) is 18.7. The van der Waals surface area contributed by atoms with E-state index in [1.54, 1.807) is 30.6 Å². The molecule has 0 saturated heterocycles. The van der Waals surface area contributed by atoms with Crippen molar-refractivity contribution in [1.29, 1.82) is 5.26 Å². The maximum atomic E-state index is 9.03. The Morgan fingerprint density at radius 3 is 2.65 bits per heavy atom. The molecule has 0 aliphatic carbocycles. The van der Waals surface area contributed by atoms with Crippen LogP contribution in [0.25, 0.3) is 22.4 Å². The Morgan fingerprint density at radius 2 is 2.04 bits per heavy atom. The average Bonchev–Trinajstić information content (AvgIpc) is 3.05. The molecular weight excluding hydrogens is 371 g/mol. The number of allylic oxidation sites excluding steroid dienone is 1. The van der Waals surface area contributed by atoms with Gasteiger partial charge in [-0.05, 0) is 38.1 Å². The normalized spacial score (nSPS) is 11.9. The molecule has 0 amide bonds. The molecule has 8 heteroatoms. The minimum atomic E-state index is 0.348. The first-order valence-electron chi connectivity index (χ1n) is 7.73. The predicted molar refractivity (Wildman–Crippen MR) is 106 cm³/mol. The van der Waals surface area contributed by atoms with Gasteiger partial charge in [0.05, 0.1) is 32.8 Å². The van der Waals surface area contributed by atoms with Crippen molar-refractivity contribution < 1.29 is 0 Å². The number of benzene rings is 1. The number of pyridine rings is 1. The fourth-order valence-corrected chi connectivity index (χ4v) is 3.11. The van der Waals surface area contributed by atoms with Gasteiger partial charge in [0, 0.05) is 12.4 Å². The molecule has 0 unspecified atom stereocenters. The number of nitrogens with zero attached hydrogens (tertiary/aromatic N) is 4. The Morgan fingerprint density at radius 1 is 1.31 bits per heavy atom. The van der Waals surface area contributed by atoms with E-state index in [9.17, 15) is 0 Å². The summed E-state index contributed by atoms with van der Waals surface area (Å²) < 4.78 is 0. The lowest BCUT2D eigenvalue weighted by molar-refractivity contribution is 1.23. The second-order valence-corrected chi connectivity index (χ2v) is 6.07. The molecule has 0 spiro atoms. The summed E-state index contributed by atoms with van der Waals surface area (Å²) in [4.78, 5) is 16.4. The van der Waals surface area contributed by atoms with Crippen LogP contribution in [0.3, 0.4) is 0 Å². The van der Waals surface area contributed by atoms with Crippen LogP contribution < -0.4 is 5.32 Å². The minimum Gasteiger partial charge on any atom is -0.338 e. The predicted octanol–water partition coefficient (Wildman–Crippen LogP) is 5.17. The van der Waals surface area contributed by atoms with Crippen molar-refractivity contribution in [3.8, 4) is 17.5 Å². The average molecular weight is 385 g/mol. The molecule has 0 saturated carbocycles. The van der Waals surface area contributed by atoms with Crippen molar-refractivity contribution >= 4 is 46.3 Å². The van der Waals surface area contributed by atoms with Crippen LogP contribution in [0.1, 0.15) is 19.4 Å². The van der Waals surface area contributed by atoms with Gasteiger partial charge in [0.2, 0.25) is 0 Å². The first-order valence-corrected chi connectivity index (χ1v) is 8.49. The molecule has 1 aromatic carbocycles. The van der Waals surface area contributed by atoms with Crippen LogP contribution in [0.15, 0.2) is 41.3 Å². The standard InChI is InChI=1S/C18H14Cl2N6/c1-3-14(22-4-2)25-18-16-13(5-6-23-18)24-17(26-16)15-11(19)7-10(9-21)8-12(15)20/h3-8H,1-2H3,(H,23,25)(H,24,26)/b14-3+,22-4-. The van der Waals surface area contributed by atoms with Gasteiger partial charge in [0.1, 0.15) is 17.2 Å². The van der Waals surface area contributed by atoms with Gasteiger partial charge in [-0.25, -0.2) is 15.0 Å². The summed E-state index contributed by atoms with van der Waals surface area (Å²) in [6.07, 6.45) is 5.19. The second kappa shape index (κ2) is 7.56. The molecular formula is C18H14Cl2N6. The Balaban J connectivity index is 2.12. The number of nitriles is 1. The van der Waals surface area contributed by atoms with Crippen LogP contribution >= 0.6 is 23.2 Å². The highest BCUT2D eigenvalue weighted by molar-refractivity contribution is 6.39. The third-order valence-corrected chi connectivity index (χ3v) is 4.19. The maximum absolute atomic E-state index is 9.03. The molecule has 2 heterocycles. The summed E-state index contributed by atoms with van der Waals surface area (Å²) in [5.74, 6) is 1.72. The third-order valence-electron chi connectivity index (χ3n) is 3.60. The van der Waals surface area contributed by atoms with Crippen molar-refractivity contribution in [2.24, 2.45) is 4.99 Å². The second-order valence-electron chi connectivity index (χ2n) is 5.25. The molecule has 0 radical (unpaired) electrons. The smallest absolute Gasteiger partial charge is 0.159 e. The number of anilines is 1. The molecule has 0 atom stereocenters. The third kappa shape index (κ3) is 3.40. The van der Waals surface area contributed by atoms with E-state index < -0.39 is 0 Å². The fraction of sp³-hybridized carbons (Fsp3) is 0.111. The van der Waals surface area contributed by atoms with Gasteiger partial charge in [0.25, 0.3) is 0 Å². The number of nitrogens with one attached hydrogen (secondary N) is 2. The van der Waals surface area contributed by atoms with E-state index in [1.165, 1.54) is 0 Å². The number of imidazole rings is 1. The van der Waals surface area contributed by atoms with Gasteiger partial charge in [-0.2, -0.15) is 5.26 Å². The Kier molecular flexibility index (Phi) is 5.21. The van der Waals surface area contributed by atoms with Crippen molar-refractivity contribution in [1.82, 2.24) is 15.0 Å². The van der Waals surface area contributed by atoms with Gasteiger partial charge in [-0.15, -0.1) is 0 Å². The molecule has 3 rings (SSSR count). The van der Waals surface area contributed by atoms with Crippen molar-refractivity contribution in [3.05, 3.63) is 51.9 Å². The van der Waals surface area contributed by atoms with Crippen LogP contribution in [0.4, 0.5) is 5.82 Å². The molecule has 0 aliphatic rings. The number of fused-ring (bicyclic) bond motifs is 1. The first-order chi connectivity index (χ1) is 12.6. The van der Waals surface area contributed by atoms with E-state index in [-0.39, 0.29) is 0 Å². The highest BCUT2D eigenvalue weighted by Gasteiger charge is 2.16. The minimum absolute atomic E-state index is 0.348. The quantitative estimate of drug-likeness (QED) is 0.607. The summed E-state index contributed by atoms with van der Waals surface area (Å²) in [5.41, 5.74) is 2.32. The molecule has 3 aromatic rings. The summed E-state index contributed by atoms with van der Waals surface area (Å²) in [7, 11) is 0. The van der Waals surface area contributed by atoms with Crippen molar-refractivity contribution in [2.75, 3.05) is 5.32 Å². The molecule has 0 aliphatic heterocycles. The maximum Gasteiger partial charge on any atom is 0.159 e. The molecule has 26 heavy (non-hydrogen) atoms. The number of rotatable bonds is 4. The molecule has 6 nitrogen and oxygen atoms in total. The van der Waals surface area contributed by atoms with Crippen molar-refractivity contribution in [2.45, 2.75) is 13.8 Å². The Bertz CT molecular complexity index is 1050. The lowest BCUT2D eigenvalue weighted by Crippen LogP contribution is -2.00. The van der Waals surface area contributed by atoms with Crippen LogP contribution in [0.5, 0.6) is 0 Å². The summed E-state index contributed by atoms with van der Waals surface area (Å²) in [6, 6.07) is 6.94. The Hall–Kier alpha value is -2.88. The molecule has 0 bridgehead atoms. The fourth-order valence-electron chi connectivity index (χ4n) is 2.45. The summed E-state index contributed by atoms with van der Waals surface area (Å²) >= 11 is 12.6. The Labute approximate surface area is 160 Å². The first kappa shape index (κ1) is 17.9. The number of hydrogen-bond acceptors (Lipinski definition) is 5. The number of aliphatic imine (C=N–C) groups is 1. The number of aromatic nitrogens is 3. The molecule has 2 aromatic heterocycles. The van der Waals surface area contributed by atoms with Gasteiger partial charge in [0.15, 0.2) is 5.82 Å². The zero-order valence-corrected chi connectivity index (χ0v) is 15.5. The van der Waals surface area contributed by atoms with E-state index in [4.69, 9.17) is 28.5 Å². The van der Waals surface area contributed by atoms with Crippen LogP contribution in [0, 0.1) is 11.3 Å². The van der Waals surface area contributed by atoms with E-state index in [0.29, 0.717) is 44.2 Å². The number of hydrogen-bond donors (Lipinski definition) is 2.